The number of nitrogens with zero attached hydrogens (tertiary/aromatic N) is 2. The Bertz CT molecular complexity index is 1350. The summed E-state index contributed by atoms with van der Waals surface area (Å²) in [6, 6.07) is 21.5. The first kappa shape index (κ1) is 21.3. The number of nitro benzene ring substituents is 1. The summed E-state index contributed by atoms with van der Waals surface area (Å²) in [5, 5.41) is 11.4. The SMILES string of the molecule is O=C(COC(=O)c1cc(-c2cccc(Br)c2)nc2ccccc12)c1ccc([N+](=O)[O-])cc1. The first-order valence-electron chi connectivity index (χ1n) is 9.53. The third kappa shape index (κ3) is 4.55. The predicted octanol–water partition coefficient (Wildman–Crippen LogP) is 5.61. The predicted molar refractivity (Wildman–Crippen MR) is 123 cm³/mol. The van der Waals surface area contributed by atoms with Gasteiger partial charge in [-0.3, -0.25) is 14.9 Å². The second-order valence-corrected chi connectivity index (χ2v) is 7.80. The van der Waals surface area contributed by atoms with Crippen LogP contribution in [0.2, 0.25) is 0 Å². The number of ketones is 1. The van der Waals surface area contributed by atoms with Gasteiger partial charge in [0.25, 0.3) is 5.69 Å². The van der Waals surface area contributed by atoms with E-state index in [1.165, 1.54) is 24.3 Å². The number of Topliss-reactive ketones (excluding diaryl/α,β-unsaturated/α-hetero) is 1. The zero-order chi connectivity index (χ0) is 22.7. The molecule has 1 heterocycles. The van der Waals surface area contributed by atoms with Crippen LogP contribution >= 0.6 is 15.9 Å². The lowest BCUT2D eigenvalue weighted by Crippen LogP contribution is -2.15. The normalized spacial score (nSPS) is 10.7. The maximum atomic E-state index is 12.9. The number of para-hydroxylation sites is 1. The molecule has 8 heteroatoms. The van der Waals surface area contributed by atoms with Gasteiger partial charge in [-0.1, -0.05) is 46.3 Å². The minimum atomic E-state index is -0.657. The summed E-state index contributed by atoms with van der Waals surface area (Å²) in [4.78, 5) is 40.1. The Morgan fingerprint density at radius 1 is 0.969 bits per heavy atom. The number of fused-ring (bicyclic) bond motifs is 1. The number of pyridine rings is 1. The molecule has 7 nitrogen and oxygen atoms in total. The average molecular weight is 491 g/mol. The molecule has 0 aliphatic heterocycles. The van der Waals surface area contributed by atoms with Crippen LogP contribution < -0.4 is 0 Å². The molecule has 4 rings (SSSR count). The van der Waals surface area contributed by atoms with Crippen molar-refractivity contribution in [1.82, 2.24) is 4.98 Å². The molecule has 1 aromatic heterocycles. The van der Waals surface area contributed by atoms with E-state index in [9.17, 15) is 19.7 Å². The highest BCUT2D eigenvalue weighted by Gasteiger charge is 2.18. The lowest BCUT2D eigenvalue weighted by Gasteiger charge is -2.10. The van der Waals surface area contributed by atoms with E-state index < -0.39 is 23.3 Å². The van der Waals surface area contributed by atoms with Crippen molar-refractivity contribution in [1.29, 1.82) is 0 Å². The molecule has 0 N–H and O–H groups in total. The van der Waals surface area contributed by atoms with Gasteiger partial charge in [0.15, 0.2) is 12.4 Å². The first-order valence-corrected chi connectivity index (χ1v) is 10.3. The van der Waals surface area contributed by atoms with E-state index in [1.54, 1.807) is 24.3 Å². The zero-order valence-electron chi connectivity index (χ0n) is 16.5. The van der Waals surface area contributed by atoms with Gasteiger partial charge in [0, 0.05) is 33.1 Å². The fourth-order valence-electron chi connectivity index (χ4n) is 3.20. The Morgan fingerprint density at radius 3 is 2.44 bits per heavy atom. The van der Waals surface area contributed by atoms with E-state index in [0.717, 1.165) is 10.0 Å². The molecule has 3 aromatic carbocycles. The molecule has 0 unspecified atom stereocenters. The number of carbonyl (C=O) groups excluding carboxylic acids is 2. The van der Waals surface area contributed by atoms with Crippen LogP contribution in [0.3, 0.4) is 0 Å². The maximum absolute atomic E-state index is 12.9. The summed E-state index contributed by atoms with van der Waals surface area (Å²) < 4.78 is 6.16. The number of nitro groups is 1. The fourth-order valence-corrected chi connectivity index (χ4v) is 3.60. The number of benzene rings is 3. The lowest BCUT2D eigenvalue weighted by atomic mass is 10.0. The highest BCUT2D eigenvalue weighted by molar-refractivity contribution is 9.10. The van der Waals surface area contributed by atoms with Gasteiger partial charge in [-0.05, 0) is 36.4 Å². The summed E-state index contributed by atoms with van der Waals surface area (Å²) in [7, 11) is 0. The van der Waals surface area contributed by atoms with Crippen molar-refractivity contribution < 1.29 is 19.2 Å². The fraction of sp³-hybridized carbons (Fsp3) is 0.0417. The largest absolute Gasteiger partial charge is 0.454 e. The molecular weight excluding hydrogens is 476 g/mol. The van der Waals surface area contributed by atoms with Gasteiger partial charge in [0.2, 0.25) is 0 Å². The molecule has 0 aliphatic rings. The van der Waals surface area contributed by atoms with Crippen molar-refractivity contribution in [2.75, 3.05) is 6.61 Å². The minimum Gasteiger partial charge on any atom is -0.454 e. The summed E-state index contributed by atoms with van der Waals surface area (Å²) in [5.74, 6) is -1.12. The first-order chi connectivity index (χ1) is 15.4. The molecule has 4 aromatic rings. The van der Waals surface area contributed by atoms with E-state index >= 15 is 0 Å². The van der Waals surface area contributed by atoms with Gasteiger partial charge in [-0.25, -0.2) is 9.78 Å². The van der Waals surface area contributed by atoms with Crippen LogP contribution in [0.25, 0.3) is 22.2 Å². The van der Waals surface area contributed by atoms with E-state index in [1.807, 2.05) is 30.3 Å². The third-order valence-electron chi connectivity index (χ3n) is 4.79. The highest BCUT2D eigenvalue weighted by atomic mass is 79.9. The van der Waals surface area contributed by atoms with Gasteiger partial charge >= 0.3 is 5.97 Å². The van der Waals surface area contributed by atoms with E-state index in [-0.39, 0.29) is 11.3 Å². The standard InChI is InChI=1S/C24H15BrN2O5/c25-17-5-3-4-16(12-17)22-13-20(19-6-1-2-7-21(19)26-22)24(29)32-14-23(28)15-8-10-18(11-9-15)27(30)31/h1-13H,14H2. The van der Waals surface area contributed by atoms with E-state index in [0.29, 0.717) is 22.2 Å². The van der Waals surface area contributed by atoms with Crippen LogP contribution in [0.1, 0.15) is 20.7 Å². The van der Waals surface area contributed by atoms with Crippen molar-refractivity contribution >= 4 is 44.3 Å². The number of carbonyl (C=O) groups is 2. The van der Waals surface area contributed by atoms with Crippen molar-refractivity contribution in [3.05, 3.63) is 105 Å². The Kier molecular flexibility index (Phi) is 6.04. The van der Waals surface area contributed by atoms with Crippen molar-refractivity contribution in [2.45, 2.75) is 0 Å². The van der Waals surface area contributed by atoms with Crippen LogP contribution in [0.5, 0.6) is 0 Å². The topological polar surface area (TPSA) is 99.4 Å². The molecule has 0 saturated heterocycles. The molecule has 0 spiro atoms. The summed E-state index contributed by atoms with van der Waals surface area (Å²) >= 11 is 3.44. The Balaban J connectivity index is 1.60. The molecule has 0 amide bonds. The van der Waals surface area contributed by atoms with Crippen LogP contribution in [-0.2, 0) is 4.74 Å². The van der Waals surface area contributed by atoms with Gasteiger partial charge in [0.1, 0.15) is 0 Å². The molecule has 158 valence electrons. The quantitative estimate of drug-likeness (QED) is 0.150. The number of esters is 1. The van der Waals surface area contributed by atoms with Crippen LogP contribution in [0.15, 0.2) is 83.3 Å². The Hall–Kier alpha value is -3.91. The molecule has 0 saturated carbocycles. The number of hydrogen-bond donors (Lipinski definition) is 0. The van der Waals surface area contributed by atoms with Crippen LogP contribution in [0.4, 0.5) is 5.69 Å². The Morgan fingerprint density at radius 2 is 1.72 bits per heavy atom. The van der Waals surface area contributed by atoms with E-state index in [2.05, 4.69) is 20.9 Å². The smallest absolute Gasteiger partial charge is 0.339 e. The van der Waals surface area contributed by atoms with Crippen LogP contribution in [-0.4, -0.2) is 28.3 Å². The number of non-ortho nitro benzene ring substituents is 1. The summed E-state index contributed by atoms with van der Waals surface area (Å²) in [6.07, 6.45) is 0. The minimum absolute atomic E-state index is 0.123. The Labute approximate surface area is 190 Å². The number of rotatable bonds is 6. The molecule has 0 aliphatic carbocycles. The average Bonchev–Trinajstić information content (AvgIpc) is 2.81. The second kappa shape index (κ2) is 9.07. The van der Waals surface area contributed by atoms with Gasteiger partial charge in [0.05, 0.1) is 21.7 Å². The van der Waals surface area contributed by atoms with E-state index in [4.69, 9.17) is 4.74 Å². The van der Waals surface area contributed by atoms with Crippen molar-refractivity contribution in [3.63, 3.8) is 0 Å². The summed E-state index contributed by atoms with van der Waals surface area (Å²) in [6.45, 7) is -0.487. The maximum Gasteiger partial charge on any atom is 0.339 e. The molecule has 0 radical (unpaired) electrons. The monoisotopic (exact) mass is 490 g/mol. The van der Waals surface area contributed by atoms with Crippen molar-refractivity contribution in [2.24, 2.45) is 0 Å². The number of aromatic nitrogens is 1. The number of halogens is 1. The lowest BCUT2D eigenvalue weighted by molar-refractivity contribution is -0.384. The van der Waals surface area contributed by atoms with Crippen LogP contribution in [0, 0.1) is 10.1 Å². The number of hydrogen-bond acceptors (Lipinski definition) is 6. The molecule has 32 heavy (non-hydrogen) atoms. The summed E-state index contributed by atoms with van der Waals surface area (Å²) in [5.41, 5.74) is 2.43. The van der Waals surface area contributed by atoms with Gasteiger partial charge in [-0.15, -0.1) is 0 Å². The third-order valence-corrected chi connectivity index (χ3v) is 5.28. The second-order valence-electron chi connectivity index (χ2n) is 6.89. The zero-order valence-corrected chi connectivity index (χ0v) is 18.1. The van der Waals surface area contributed by atoms with Crippen molar-refractivity contribution in [3.8, 4) is 11.3 Å². The highest BCUT2D eigenvalue weighted by Crippen LogP contribution is 2.27. The number of ether oxygens (including phenoxy) is 1. The molecule has 0 fully saturated rings. The van der Waals surface area contributed by atoms with Gasteiger partial charge < -0.3 is 4.74 Å². The molecular formula is C24H15BrN2O5. The van der Waals surface area contributed by atoms with Gasteiger partial charge in [-0.2, -0.15) is 0 Å². The molecule has 0 atom stereocenters. The molecule has 0 bridgehead atoms.